The number of hydrogen-bond donors (Lipinski definition) is 0. The molecule has 0 aliphatic carbocycles. The molecular formula is C12H7ClN4S. The third-order valence-electron chi connectivity index (χ3n) is 2.29. The molecule has 0 saturated heterocycles. The molecule has 0 saturated carbocycles. The maximum atomic E-state index is 8.96. The molecule has 1 aromatic heterocycles. The van der Waals surface area contributed by atoms with E-state index in [0.29, 0.717) is 10.2 Å². The topological polar surface area (TPSA) is 65.4 Å². The van der Waals surface area contributed by atoms with Crippen LogP contribution in [0.3, 0.4) is 0 Å². The smallest absolute Gasteiger partial charge is 0.178 e. The molecule has 0 amide bonds. The predicted octanol–water partition coefficient (Wildman–Crippen LogP) is 2.97. The van der Waals surface area contributed by atoms with Crippen molar-refractivity contribution in [2.45, 2.75) is 10.1 Å². The van der Waals surface area contributed by atoms with Gasteiger partial charge in [-0.15, -0.1) is 0 Å². The summed E-state index contributed by atoms with van der Waals surface area (Å²) in [5, 5.41) is 19.1. The Morgan fingerprint density at radius 1 is 1.22 bits per heavy atom. The number of rotatable bonds is 2. The molecule has 2 rings (SSSR count). The first-order valence-corrected chi connectivity index (χ1v) is 6.15. The van der Waals surface area contributed by atoms with Gasteiger partial charge in [0.05, 0.1) is 0 Å². The lowest BCUT2D eigenvalue weighted by molar-refractivity contribution is 0.780. The average molecular weight is 275 g/mol. The second kappa shape index (κ2) is 5.14. The summed E-state index contributed by atoms with van der Waals surface area (Å²) < 4.78 is 1.61. The number of nitrogens with zero attached hydrogens (tertiary/aromatic N) is 4. The quantitative estimate of drug-likeness (QED) is 0.844. The maximum Gasteiger partial charge on any atom is 0.178 e. The summed E-state index contributed by atoms with van der Waals surface area (Å²) in [4.78, 5) is 5.07. The molecule has 18 heavy (non-hydrogen) atoms. The Bertz CT molecular complexity index is 661. The van der Waals surface area contributed by atoms with Crippen LogP contribution in [0, 0.1) is 22.7 Å². The minimum atomic E-state index is 0.150. The van der Waals surface area contributed by atoms with Crippen molar-refractivity contribution in [2.24, 2.45) is 7.05 Å². The standard InChI is InChI=1S/C12H7ClN4S/c1-17-11(7-15)10(6-14)16-12(17)18-9-4-2-8(13)3-5-9/h2-5H,1H3. The van der Waals surface area contributed by atoms with Gasteiger partial charge in [-0.25, -0.2) is 4.98 Å². The highest BCUT2D eigenvalue weighted by atomic mass is 35.5. The Morgan fingerprint density at radius 3 is 2.39 bits per heavy atom. The number of aromatic nitrogens is 2. The zero-order chi connectivity index (χ0) is 13.1. The molecule has 1 heterocycles. The molecule has 6 heteroatoms. The zero-order valence-electron chi connectivity index (χ0n) is 9.38. The molecular weight excluding hydrogens is 268 g/mol. The highest BCUT2D eigenvalue weighted by molar-refractivity contribution is 7.99. The summed E-state index contributed by atoms with van der Waals surface area (Å²) in [5.74, 6) is 0. The van der Waals surface area contributed by atoms with Crippen molar-refractivity contribution in [3.63, 3.8) is 0 Å². The van der Waals surface area contributed by atoms with Crippen LogP contribution in [-0.2, 0) is 7.05 Å². The number of halogens is 1. The third kappa shape index (κ3) is 2.33. The van der Waals surface area contributed by atoms with Crippen LogP contribution in [0.5, 0.6) is 0 Å². The highest BCUT2D eigenvalue weighted by Crippen LogP contribution is 2.28. The van der Waals surface area contributed by atoms with Gasteiger partial charge in [0.2, 0.25) is 0 Å². The Hall–Kier alpha value is -1.95. The van der Waals surface area contributed by atoms with Crippen molar-refractivity contribution < 1.29 is 0 Å². The van der Waals surface area contributed by atoms with Gasteiger partial charge in [0.15, 0.2) is 16.5 Å². The van der Waals surface area contributed by atoms with E-state index in [9.17, 15) is 0 Å². The summed E-state index contributed by atoms with van der Waals surface area (Å²) >= 11 is 7.18. The van der Waals surface area contributed by atoms with Crippen LogP contribution < -0.4 is 0 Å². The third-order valence-corrected chi connectivity index (χ3v) is 3.60. The van der Waals surface area contributed by atoms with Crippen molar-refractivity contribution in [2.75, 3.05) is 0 Å². The molecule has 0 N–H and O–H groups in total. The van der Waals surface area contributed by atoms with Crippen molar-refractivity contribution >= 4 is 23.4 Å². The van der Waals surface area contributed by atoms with Gasteiger partial charge in [0.25, 0.3) is 0 Å². The minimum Gasteiger partial charge on any atom is -0.312 e. The van der Waals surface area contributed by atoms with Gasteiger partial charge in [0, 0.05) is 17.0 Å². The average Bonchev–Trinajstić information content (AvgIpc) is 2.68. The fourth-order valence-electron chi connectivity index (χ4n) is 1.38. The molecule has 0 atom stereocenters. The highest BCUT2D eigenvalue weighted by Gasteiger charge is 2.14. The van der Waals surface area contributed by atoms with Crippen LogP contribution in [0.1, 0.15) is 11.4 Å². The first-order valence-electron chi connectivity index (χ1n) is 4.96. The summed E-state index contributed by atoms with van der Waals surface area (Å²) in [6.07, 6.45) is 0. The molecule has 0 bridgehead atoms. The van der Waals surface area contributed by atoms with Crippen LogP contribution in [0.25, 0.3) is 0 Å². The van der Waals surface area contributed by atoms with E-state index >= 15 is 0 Å². The second-order valence-electron chi connectivity index (χ2n) is 3.43. The van der Waals surface area contributed by atoms with Gasteiger partial charge in [-0.1, -0.05) is 23.4 Å². The number of hydrogen-bond acceptors (Lipinski definition) is 4. The first-order chi connectivity index (χ1) is 8.65. The molecule has 0 aliphatic heterocycles. The lowest BCUT2D eigenvalue weighted by Gasteiger charge is -2.01. The van der Waals surface area contributed by atoms with E-state index in [-0.39, 0.29) is 11.4 Å². The molecule has 88 valence electrons. The monoisotopic (exact) mass is 274 g/mol. The van der Waals surface area contributed by atoms with Gasteiger partial charge < -0.3 is 4.57 Å². The van der Waals surface area contributed by atoms with Crippen molar-refractivity contribution in [3.05, 3.63) is 40.7 Å². The van der Waals surface area contributed by atoms with Crippen molar-refractivity contribution in [1.29, 1.82) is 10.5 Å². The summed E-state index contributed by atoms with van der Waals surface area (Å²) in [6.45, 7) is 0. The normalized spacial score (nSPS) is 9.78. The van der Waals surface area contributed by atoms with E-state index in [1.54, 1.807) is 23.7 Å². The second-order valence-corrected chi connectivity index (χ2v) is 4.91. The van der Waals surface area contributed by atoms with Crippen molar-refractivity contribution in [1.82, 2.24) is 9.55 Å². The SMILES string of the molecule is Cn1c(Sc2ccc(Cl)cc2)nc(C#N)c1C#N. The van der Waals surface area contributed by atoms with Gasteiger partial charge in [-0.05, 0) is 24.3 Å². The lowest BCUT2D eigenvalue weighted by atomic mass is 10.4. The van der Waals surface area contributed by atoms with Crippen LogP contribution in [-0.4, -0.2) is 9.55 Å². The van der Waals surface area contributed by atoms with Crippen LogP contribution >= 0.6 is 23.4 Å². The fraction of sp³-hybridized carbons (Fsp3) is 0.0833. The molecule has 0 radical (unpaired) electrons. The summed E-state index contributed by atoms with van der Waals surface area (Å²) in [6, 6.07) is 11.2. The van der Waals surface area contributed by atoms with E-state index in [1.807, 2.05) is 24.3 Å². The van der Waals surface area contributed by atoms with Crippen molar-refractivity contribution in [3.8, 4) is 12.1 Å². The summed E-state index contributed by atoms with van der Waals surface area (Å²) in [5.41, 5.74) is 0.422. The molecule has 2 aromatic rings. The molecule has 1 aromatic carbocycles. The van der Waals surface area contributed by atoms with Gasteiger partial charge in [-0.2, -0.15) is 10.5 Å². The van der Waals surface area contributed by atoms with Crippen LogP contribution in [0.15, 0.2) is 34.3 Å². The maximum absolute atomic E-state index is 8.96. The van der Waals surface area contributed by atoms with E-state index in [0.717, 1.165) is 4.90 Å². The molecule has 0 fully saturated rings. The van der Waals surface area contributed by atoms with Gasteiger partial charge in [0.1, 0.15) is 12.1 Å². The molecule has 0 spiro atoms. The van der Waals surface area contributed by atoms with E-state index in [2.05, 4.69) is 4.98 Å². The Morgan fingerprint density at radius 2 is 1.89 bits per heavy atom. The Kier molecular flexibility index (Phi) is 3.57. The first kappa shape index (κ1) is 12.5. The van der Waals surface area contributed by atoms with E-state index < -0.39 is 0 Å². The van der Waals surface area contributed by atoms with E-state index in [4.69, 9.17) is 22.1 Å². The number of imidazole rings is 1. The largest absolute Gasteiger partial charge is 0.312 e. The van der Waals surface area contributed by atoms with E-state index in [1.165, 1.54) is 11.8 Å². The van der Waals surface area contributed by atoms with Crippen LogP contribution in [0.2, 0.25) is 5.02 Å². The van der Waals surface area contributed by atoms with Crippen LogP contribution in [0.4, 0.5) is 0 Å². The minimum absolute atomic E-state index is 0.150. The molecule has 4 nitrogen and oxygen atoms in total. The zero-order valence-corrected chi connectivity index (χ0v) is 11.0. The predicted molar refractivity (Wildman–Crippen MR) is 68.2 cm³/mol. The molecule has 0 aliphatic rings. The molecule has 0 unspecified atom stereocenters. The van der Waals surface area contributed by atoms with Gasteiger partial charge >= 0.3 is 0 Å². The fourth-order valence-corrected chi connectivity index (χ4v) is 2.36. The number of benzene rings is 1. The van der Waals surface area contributed by atoms with Gasteiger partial charge in [-0.3, -0.25) is 0 Å². The Labute approximate surface area is 113 Å². The number of nitriles is 2. The lowest BCUT2D eigenvalue weighted by Crippen LogP contribution is -1.94. The Balaban J connectivity index is 2.36. The summed E-state index contributed by atoms with van der Waals surface area (Å²) in [7, 11) is 1.71.